The van der Waals surface area contributed by atoms with Crippen LogP contribution >= 0.6 is 0 Å². The van der Waals surface area contributed by atoms with Gasteiger partial charge < -0.3 is 0 Å². The van der Waals surface area contributed by atoms with Gasteiger partial charge in [0.05, 0.1) is 5.69 Å². The fourth-order valence-electron chi connectivity index (χ4n) is 12.8. The second-order valence-corrected chi connectivity index (χ2v) is 18.6. The van der Waals surface area contributed by atoms with Crippen LogP contribution in [0.25, 0.3) is 88.4 Å². The van der Waals surface area contributed by atoms with E-state index in [2.05, 4.69) is 145 Å². The average Bonchev–Trinajstić information content (AvgIpc) is 3.76. The number of benzene rings is 7. The number of fused-ring (bicyclic) bond motifs is 12. The molecule has 2 spiro atoms. The SMILES string of the molecule is c1ccc2c(c1)-c1ccc(-c3c4ccccc4c(-c4ccc5c(c4)C4(CCCCC4)c4ccccc4-5)c4cc(-c5ccc(-c6ccncc6)cn5)ccc34)cc1C21CCCCC1. The first kappa shape index (κ1) is 36.1. The minimum absolute atomic E-state index is 0.0778. The highest BCUT2D eigenvalue weighted by Crippen LogP contribution is 2.59. The van der Waals surface area contributed by atoms with Crippen LogP contribution in [-0.2, 0) is 10.8 Å². The maximum absolute atomic E-state index is 5.09. The Morgan fingerprint density at radius 3 is 1.39 bits per heavy atom. The Hall–Kier alpha value is -6.64. The van der Waals surface area contributed by atoms with Crippen LogP contribution in [0, 0.1) is 0 Å². The van der Waals surface area contributed by atoms with Gasteiger partial charge in [-0.15, -0.1) is 0 Å². The minimum Gasteiger partial charge on any atom is -0.265 e. The van der Waals surface area contributed by atoms with E-state index in [1.165, 1.54) is 147 Å². The first-order valence-electron chi connectivity index (χ1n) is 23.1. The molecule has 13 rings (SSSR count). The summed E-state index contributed by atoms with van der Waals surface area (Å²) in [5.74, 6) is 0. The normalized spacial score (nSPS) is 16.6. The number of aromatic nitrogens is 2. The van der Waals surface area contributed by atoms with Crippen molar-refractivity contribution >= 4 is 21.5 Å². The summed E-state index contributed by atoms with van der Waals surface area (Å²) in [4.78, 5) is 9.32. The van der Waals surface area contributed by atoms with E-state index in [4.69, 9.17) is 4.98 Å². The highest BCUT2D eigenvalue weighted by atomic mass is 14.7. The van der Waals surface area contributed by atoms with Gasteiger partial charge in [-0.05, 0) is 156 Å². The topological polar surface area (TPSA) is 25.8 Å². The zero-order valence-corrected chi connectivity index (χ0v) is 35.1. The van der Waals surface area contributed by atoms with Crippen LogP contribution in [0.2, 0.25) is 0 Å². The summed E-state index contributed by atoms with van der Waals surface area (Å²) in [5, 5.41) is 5.19. The molecule has 298 valence electrons. The Morgan fingerprint density at radius 1 is 0.339 bits per heavy atom. The van der Waals surface area contributed by atoms with Crippen molar-refractivity contribution in [3.63, 3.8) is 0 Å². The third kappa shape index (κ3) is 5.22. The molecule has 0 N–H and O–H groups in total. The van der Waals surface area contributed by atoms with E-state index in [0.29, 0.717) is 0 Å². The molecule has 2 saturated carbocycles. The van der Waals surface area contributed by atoms with Crippen LogP contribution in [0.4, 0.5) is 0 Å². The van der Waals surface area contributed by atoms with Crippen molar-refractivity contribution in [2.24, 2.45) is 0 Å². The number of rotatable bonds is 4. The Kier molecular flexibility index (Phi) is 8.11. The molecule has 0 radical (unpaired) electrons. The highest BCUT2D eigenvalue weighted by Gasteiger charge is 2.45. The van der Waals surface area contributed by atoms with E-state index in [9.17, 15) is 0 Å². The molecule has 7 aromatic carbocycles. The Labute approximate surface area is 364 Å². The molecular formula is C60H48N2. The van der Waals surface area contributed by atoms with E-state index in [1.54, 1.807) is 5.56 Å². The first-order chi connectivity index (χ1) is 30.7. The Bertz CT molecular complexity index is 3240. The smallest absolute Gasteiger partial charge is 0.0702 e. The van der Waals surface area contributed by atoms with Gasteiger partial charge in [0, 0.05) is 40.5 Å². The summed E-state index contributed by atoms with van der Waals surface area (Å²) in [7, 11) is 0. The summed E-state index contributed by atoms with van der Waals surface area (Å²) in [6.45, 7) is 0. The summed E-state index contributed by atoms with van der Waals surface area (Å²) in [6, 6.07) is 58.4. The zero-order chi connectivity index (χ0) is 40.8. The van der Waals surface area contributed by atoms with Gasteiger partial charge in [0.1, 0.15) is 0 Å². The molecule has 0 atom stereocenters. The van der Waals surface area contributed by atoms with E-state index in [-0.39, 0.29) is 10.8 Å². The molecule has 0 unspecified atom stereocenters. The largest absolute Gasteiger partial charge is 0.265 e. The van der Waals surface area contributed by atoms with Gasteiger partial charge in [0.25, 0.3) is 0 Å². The Balaban J connectivity index is 1.06. The van der Waals surface area contributed by atoms with Crippen molar-refractivity contribution in [2.75, 3.05) is 0 Å². The van der Waals surface area contributed by atoms with Crippen LogP contribution in [0.1, 0.15) is 86.5 Å². The van der Waals surface area contributed by atoms with E-state index in [0.717, 1.165) is 22.4 Å². The number of pyridine rings is 2. The molecule has 2 heterocycles. The predicted octanol–water partition coefficient (Wildman–Crippen LogP) is 15.9. The van der Waals surface area contributed by atoms with Gasteiger partial charge >= 0.3 is 0 Å². The fraction of sp³-hybridized carbons (Fsp3) is 0.200. The molecule has 62 heavy (non-hydrogen) atoms. The van der Waals surface area contributed by atoms with Gasteiger partial charge in [-0.25, -0.2) is 0 Å². The lowest BCUT2D eigenvalue weighted by Crippen LogP contribution is -2.28. The molecule has 2 nitrogen and oxygen atoms in total. The summed E-state index contributed by atoms with van der Waals surface area (Å²) in [6.07, 6.45) is 18.4. The van der Waals surface area contributed by atoms with Gasteiger partial charge in [-0.2, -0.15) is 0 Å². The van der Waals surface area contributed by atoms with Crippen LogP contribution in [0.15, 0.2) is 170 Å². The van der Waals surface area contributed by atoms with Crippen LogP contribution < -0.4 is 0 Å². The third-order valence-corrected chi connectivity index (χ3v) is 15.6. The average molecular weight is 797 g/mol. The monoisotopic (exact) mass is 796 g/mol. The molecule has 2 fully saturated rings. The molecule has 0 amide bonds. The number of nitrogens with zero attached hydrogens (tertiary/aromatic N) is 2. The molecule has 4 aliphatic rings. The van der Waals surface area contributed by atoms with E-state index in [1.807, 2.05) is 30.7 Å². The number of hydrogen-bond acceptors (Lipinski definition) is 2. The van der Waals surface area contributed by atoms with Gasteiger partial charge in [0.15, 0.2) is 0 Å². The van der Waals surface area contributed by atoms with Crippen molar-refractivity contribution in [2.45, 2.75) is 75.0 Å². The zero-order valence-electron chi connectivity index (χ0n) is 35.1. The van der Waals surface area contributed by atoms with Crippen molar-refractivity contribution in [3.05, 3.63) is 193 Å². The fourth-order valence-corrected chi connectivity index (χ4v) is 12.8. The molecule has 9 aromatic rings. The standard InChI is InChI=1S/C60H48N2/c1-9-29-59(30-10-1)52-17-7-5-13-44(52)46-23-20-41(36-54(46)59)57-48-15-3-4-16-49(48)58(42-21-24-47-45-14-6-8-18-53(45)60(55(47)37-42)31-11-2-12-32-60)51-35-40(19-25-50(51)57)56-26-22-43(38-62-56)39-27-33-61-34-28-39/h3-8,13-28,33-38H,1-2,9-12,29-32H2. The van der Waals surface area contributed by atoms with Crippen molar-refractivity contribution in [1.29, 1.82) is 0 Å². The van der Waals surface area contributed by atoms with Gasteiger partial charge in [-0.1, -0.05) is 154 Å². The molecule has 2 heteroatoms. The molecule has 0 saturated heterocycles. The van der Waals surface area contributed by atoms with Crippen molar-refractivity contribution in [1.82, 2.24) is 9.97 Å². The predicted molar refractivity (Wildman–Crippen MR) is 257 cm³/mol. The third-order valence-electron chi connectivity index (χ3n) is 15.6. The van der Waals surface area contributed by atoms with Crippen LogP contribution in [0.3, 0.4) is 0 Å². The quantitative estimate of drug-likeness (QED) is 0.166. The lowest BCUT2D eigenvalue weighted by atomic mass is 9.67. The Morgan fingerprint density at radius 2 is 0.823 bits per heavy atom. The maximum atomic E-state index is 5.09. The van der Waals surface area contributed by atoms with Crippen molar-refractivity contribution in [3.8, 4) is 66.9 Å². The maximum Gasteiger partial charge on any atom is 0.0702 e. The van der Waals surface area contributed by atoms with E-state index < -0.39 is 0 Å². The summed E-state index contributed by atoms with van der Waals surface area (Å²) < 4.78 is 0. The van der Waals surface area contributed by atoms with Crippen molar-refractivity contribution < 1.29 is 0 Å². The summed E-state index contributed by atoms with van der Waals surface area (Å²) in [5.41, 5.74) is 21.6. The minimum atomic E-state index is 0.0778. The molecular weight excluding hydrogens is 749 g/mol. The lowest BCUT2D eigenvalue weighted by Gasteiger charge is -2.36. The van der Waals surface area contributed by atoms with Crippen LogP contribution in [-0.4, -0.2) is 9.97 Å². The van der Waals surface area contributed by atoms with E-state index >= 15 is 0 Å². The second-order valence-electron chi connectivity index (χ2n) is 18.6. The first-order valence-corrected chi connectivity index (χ1v) is 23.1. The second kappa shape index (κ2) is 13.9. The lowest BCUT2D eigenvalue weighted by molar-refractivity contribution is 0.353. The van der Waals surface area contributed by atoms with Gasteiger partial charge in [-0.3, -0.25) is 9.97 Å². The highest BCUT2D eigenvalue weighted by molar-refractivity contribution is 6.22. The molecule has 4 aliphatic carbocycles. The molecule has 0 aliphatic heterocycles. The van der Waals surface area contributed by atoms with Crippen LogP contribution in [0.5, 0.6) is 0 Å². The molecule has 0 bridgehead atoms. The number of hydrogen-bond donors (Lipinski definition) is 0. The summed E-state index contributed by atoms with van der Waals surface area (Å²) >= 11 is 0. The molecule has 2 aromatic heterocycles. The van der Waals surface area contributed by atoms with Gasteiger partial charge in [0.2, 0.25) is 0 Å².